The largest absolute Gasteiger partial charge is 0.382 e. The molecule has 0 amide bonds. The number of hydrogen-bond donors (Lipinski definition) is 1. The Morgan fingerprint density at radius 3 is 2.78 bits per heavy atom. The fourth-order valence-electron chi connectivity index (χ4n) is 2.97. The van der Waals surface area contributed by atoms with Crippen molar-refractivity contribution in [1.29, 1.82) is 0 Å². The Bertz CT molecular complexity index is 833. The van der Waals surface area contributed by atoms with Gasteiger partial charge in [0, 0.05) is 73.8 Å². The van der Waals surface area contributed by atoms with E-state index in [-0.39, 0.29) is 0 Å². The highest BCUT2D eigenvalue weighted by molar-refractivity contribution is 5.77. The van der Waals surface area contributed by atoms with Crippen LogP contribution in [0.5, 0.6) is 0 Å². The van der Waals surface area contributed by atoms with Crippen LogP contribution in [0.1, 0.15) is 0 Å². The van der Waals surface area contributed by atoms with E-state index in [0.717, 1.165) is 43.0 Å². The number of anilines is 2. The topological polar surface area (TPSA) is 75.6 Å². The van der Waals surface area contributed by atoms with Crippen molar-refractivity contribution in [2.75, 3.05) is 43.9 Å². The van der Waals surface area contributed by atoms with Crippen LogP contribution in [0.25, 0.3) is 16.8 Å². The van der Waals surface area contributed by atoms with Crippen molar-refractivity contribution in [3.8, 4) is 11.1 Å². The summed E-state index contributed by atoms with van der Waals surface area (Å²) in [6.07, 6.45) is 7.54. The summed E-state index contributed by atoms with van der Waals surface area (Å²) >= 11 is 0. The fourth-order valence-corrected chi connectivity index (χ4v) is 2.97. The van der Waals surface area contributed by atoms with Gasteiger partial charge < -0.3 is 15.5 Å². The van der Waals surface area contributed by atoms with Crippen molar-refractivity contribution in [2.24, 2.45) is 0 Å². The van der Waals surface area contributed by atoms with E-state index in [1.165, 1.54) is 5.69 Å². The lowest BCUT2D eigenvalue weighted by molar-refractivity contribution is 0.313. The van der Waals surface area contributed by atoms with Gasteiger partial charge in [0.05, 0.1) is 0 Å². The van der Waals surface area contributed by atoms with Gasteiger partial charge in [-0.05, 0) is 13.1 Å². The van der Waals surface area contributed by atoms with Gasteiger partial charge in [-0.3, -0.25) is 4.98 Å². The van der Waals surface area contributed by atoms with Gasteiger partial charge in [-0.1, -0.05) is 0 Å². The molecular weight excluding hydrogens is 290 g/mol. The molecular formula is C16H19N7. The number of aromatic nitrogens is 4. The van der Waals surface area contributed by atoms with E-state index in [4.69, 9.17) is 5.73 Å². The normalized spacial score (nSPS) is 16.1. The molecule has 4 heterocycles. The van der Waals surface area contributed by atoms with Crippen LogP contribution in [0.2, 0.25) is 0 Å². The summed E-state index contributed by atoms with van der Waals surface area (Å²) in [5.41, 5.74) is 9.74. The van der Waals surface area contributed by atoms with Gasteiger partial charge in [0.1, 0.15) is 5.82 Å². The van der Waals surface area contributed by atoms with E-state index in [1.54, 1.807) is 10.6 Å². The monoisotopic (exact) mass is 309 g/mol. The van der Waals surface area contributed by atoms with Gasteiger partial charge in [-0.25, -0.2) is 9.50 Å². The zero-order chi connectivity index (χ0) is 15.8. The molecule has 3 aromatic heterocycles. The number of nitrogens with two attached hydrogens (primary N) is 1. The van der Waals surface area contributed by atoms with Crippen LogP contribution in [-0.4, -0.2) is 57.7 Å². The maximum atomic E-state index is 5.74. The van der Waals surface area contributed by atoms with Crippen molar-refractivity contribution < 1.29 is 0 Å². The van der Waals surface area contributed by atoms with Crippen molar-refractivity contribution in [1.82, 2.24) is 24.5 Å². The van der Waals surface area contributed by atoms with E-state index in [0.29, 0.717) is 5.82 Å². The zero-order valence-corrected chi connectivity index (χ0v) is 13.1. The van der Waals surface area contributed by atoms with Gasteiger partial charge in [0.15, 0.2) is 5.65 Å². The summed E-state index contributed by atoms with van der Waals surface area (Å²) in [4.78, 5) is 13.5. The number of pyridine rings is 1. The highest BCUT2D eigenvalue weighted by Gasteiger charge is 2.18. The fraction of sp³-hybridized carbons (Fsp3) is 0.312. The second kappa shape index (κ2) is 5.51. The van der Waals surface area contributed by atoms with Crippen LogP contribution in [0.15, 0.2) is 36.9 Å². The number of fused-ring (bicyclic) bond motifs is 1. The molecule has 1 aliphatic rings. The molecule has 0 aromatic carbocycles. The van der Waals surface area contributed by atoms with Crippen molar-refractivity contribution in [3.05, 3.63) is 36.9 Å². The second-order valence-electron chi connectivity index (χ2n) is 5.90. The summed E-state index contributed by atoms with van der Waals surface area (Å²) in [6.45, 7) is 4.15. The molecule has 1 saturated heterocycles. The van der Waals surface area contributed by atoms with Crippen molar-refractivity contribution >= 4 is 17.2 Å². The van der Waals surface area contributed by atoms with Gasteiger partial charge in [-0.2, -0.15) is 0 Å². The summed E-state index contributed by atoms with van der Waals surface area (Å²) < 4.78 is 1.71. The van der Waals surface area contributed by atoms with Crippen LogP contribution >= 0.6 is 0 Å². The molecule has 0 saturated carbocycles. The van der Waals surface area contributed by atoms with Crippen LogP contribution < -0.4 is 10.6 Å². The van der Waals surface area contributed by atoms with Crippen molar-refractivity contribution in [3.63, 3.8) is 0 Å². The van der Waals surface area contributed by atoms with Crippen LogP contribution in [0, 0.1) is 0 Å². The Hall–Kier alpha value is -2.67. The number of rotatable bonds is 2. The third kappa shape index (κ3) is 2.59. The maximum Gasteiger partial charge on any atom is 0.157 e. The Labute approximate surface area is 134 Å². The number of piperazine rings is 1. The number of hydrogen-bond acceptors (Lipinski definition) is 6. The van der Waals surface area contributed by atoms with E-state index < -0.39 is 0 Å². The second-order valence-corrected chi connectivity index (χ2v) is 5.90. The summed E-state index contributed by atoms with van der Waals surface area (Å²) in [6, 6.07) is 3.83. The first-order valence-corrected chi connectivity index (χ1v) is 7.69. The molecule has 2 N–H and O–H groups in total. The molecule has 4 rings (SSSR count). The van der Waals surface area contributed by atoms with E-state index in [1.807, 2.05) is 24.8 Å². The van der Waals surface area contributed by atoms with Crippen LogP contribution in [0.4, 0.5) is 11.5 Å². The minimum absolute atomic E-state index is 0.472. The summed E-state index contributed by atoms with van der Waals surface area (Å²) in [5, 5.41) is 4.24. The lowest BCUT2D eigenvalue weighted by atomic mass is 10.1. The minimum Gasteiger partial charge on any atom is -0.382 e. The molecule has 0 spiro atoms. The maximum absolute atomic E-state index is 5.74. The lowest BCUT2D eigenvalue weighted by Gasteiger charge is -2.35. The van der Waals surface area contributed by atoms with Gasteiger partial charge in [0.25, 0.3) is 0 Å². The highest BCUT2D eigenvalue weighted by Crippen LogP contribution is 2.30. The standard InChI is InChI=1S/C16H19N7/c1-21-4-6-22(7-5-21)14-2-3-18-10-13(14)12-9-19-16-8-15(17)20-23(16)11-12/h2-3,8-11H,4-7H2,1H3,(H2,17,20). The van der Waals surface area contributed by atoms with Gasteiger partial charge >= 0.3 is 0 Å². The van der Waals surface area contributed by atoms with Crippen molar-refractivity contribution in [2.45, 2.75) is 0 Å². The summed E-state index contributed by atoms with van der Waals surface area (Å²) in [7, 11) is 2.16. The molecule has 0 aliphatic carbocycles. The van der Waals surface area contributed by atoms with E-state index in [2.05, 4.69) is 38.0 Å². The van der Waals surface area contributed by atoms with E-state index in [9.17, 15) is 0 Å². The molecule has 0 radical (unpaired) electrons. The molecule has 3 aromatic rings. The first-order valence-electron chi connectivity index (χ1n) is 7.69. The third-order valence-electron chi connectivity index (χ3n) is 4.29. The van der Waals surface area contributed by atoms with Crippen LogP contribution in [0.3, 0.4) is 0 Å². The van der Waals surface area contributed by atoms with Crippen LogP contribution in [-0.2, 0) is 0 Å². The first-order chi connectivity index (χ1) is 11.2. The zero-order valence-electron chi connectivity index (χ0n) is 13.1. The van der Waals surface area contributed by atoms with E-state index >= 15 is 0 Å². The first kappa shape index (κ1) is 14.0. The molecule has 118 valence electrons. The molecule has 1 aliphatic heterocycles. The highest BCUT2D eigenvalue weighted by atomic mass is 15.3. The SMILES string of the molecule is CN1CCN(c2ccncc2-c2cnc3cc(N)nn3c2)CC1. The number of nitrogens with zero attached hydrogens (tertiary/aromatic N) is 6. The molecule has 7 heteroatoms. The molecule has 0 bridgehead atoms. The molecule has 0 atom stereocenters. The smallest absolute Gasteiger partial charge is 0.157 e. The number of likely N-dealkylation sites (N-methyl/N-ethyl adjacent to an activating group) is 1. The lowest BCUT2D eigenvalue weighted by Crippen LogP contribution is -2.44. The molecule has 1 fully saturated rings. The average molecular weight is 309 g/mol. The Morgan fingerprint density at radius 2 is 1.96 bits per heavy atom. The predicted octanol–water partition coefficient (Wildman–Crippen LogP) is 1.13. The molecule has 23 heavy (non-hydrogen) atoms. The molecule has 7 nitrogen and oxygen atoms in total. The quantitative estimate of drug-likeness (QED) is 0.765. The third-order valence-corrected chi connectivity index (χ3v) is 4.29. The Kier molecular flexibility index (Phi) is 3.34. The van der Waals surface area contributed by atoms with Gasteiger partial charge in [-0.15, -0.1) is 5.10 Å². The summed E-state index contributed by atoms with van der Waals surface area (Å²) in [5.74, 6) is 0.472. The van der Waals surface area contributed by atoms with Gasteiger partial charge in [0.2, 0.25) is 0 Å². The average Bonchev–Trinajstić information content (AvgIpc) is 2.95. The Morgan fingerprint density at radius 1 is 1.13 bits per heavy atom. The molecule has 0 unspecified atom stereocenters. The predicted molar refractivity (Wildman–Crippen MR) is 90.3 cm³/mol. The number of nitrogen functional groups attached to an aromatic ring is 1. The Balaban J connectivity index is 1.75. The minimum atomic E-state index is 0.472.